The van der Waals surface area contributed by atoms with E-state index in [4.69, 9.17) is 4.42 Å². The van der Waals surface area contributed by atoms with Crippen LogP contribution in [0.4, 0.5) is 5.69 Å². The second-order valence-corrected chi connectivity index (χ2v) is 7.92. The number of nitrogens with one attached hydrogen (secondary N) is 3. The molecule has 142 valence electrons. The van der Waals surface area contributed by atoms with Crippen LogP contribution in [0.1, 0.15) is 16.2 Å². The van der Waals surface area contributed by atoms with E-state index < -0.39 is 10.0 Å². The Labute approximate surface area is 161 Å². The number of hydrogen-bond donors (Lipinski definition) is 3. The van der Waals surface area contributed by atoms with Gasteiger partial charge in [0, 0.05) is 16.6 Å². The lowest BCUT2D eigenvalue weighted by atomic mass is 10.2. The molecule has 1 amide bonds. The molecule has 2 aromatic carbocycles. The van der Waals surface area contributed by atoms with Crippen molar-refractivity contribution in [2.45, 2.75) is 11.4 Å². The molecule has 3 N–H and O–H groups in total. The van der Waals surface area contributed by atoms with E-state index in [2.05, 4.69) is 15.0 Å². The lowest BCUT2D eigenvalue weighted by molar-refractivity contribution is 0.102. The Balaban J connectivity index is 1.44. The van der Waals surface area contributed by atoms with Gasteiger partial charge in [-0.05, 0) is 48.5 Å². The smallest absolute Gasteiger partial charge is 0.272 e. The average Bonchev–Trinajstić information content (AvgIpc) is 3.36. The van der Waals surface area contributed by atoms with Crippen molar-refractivity contribution in [1.29, 1.82) is 0 Å². The summed E-state index contributed by atoms with van der Waals surface area (Å²) in [4.78, 5) is 15.6. The van der Waals surface area contributed by atoms with Crippen LogP contribution in [0.5, 0.6) is 0 Å². The fraction of sp³-hybridized carbons (Fsp3) is 0.0500. The number of rotatable bonds is 6. The Hall–Kier alpha value is -3.36. The number of anilines is 1. The lowest BCUT2D eigenvalue weighted by Crippen LogP contribution is -2.23. The molecule has 0 bridgehead atoms. The molecular weight excluding hydrogens is 378 g/mol. The van der Waals surface area contributed by atoms with Crippen molar-refractivity contribution in [2.24, 2.45) is 0 Å². The molecule has 2 aromatic heterocycles. The van der Waals surface area contributed by atoms with Crippen molar-refractivity contribution in [3.05, 3.63) is 84.4 Å². The Morgan fingerprint density at radius 3 is 2.50 bits per heavy atom. The molecule has 0 radical (unpaired) electrons. The van der Waals surface area contributed by atoms with Crippen molar-refractivity contribution < 1.29 is 17.6 Å². The van der Waals surface area contributed by atoms with Gasteiger partial charge in [0.15, 0.2) is 0 Å². The predicted octanol–water partition coefficient (Wildman–Crippen LogP) is 3.49. The fourth-order valence-corrected chi connectivity index (χ4v) is 3.77. The first-order chi connectivity index (χ1) is 13.5. The molecular formula is C20H17N3O4S. The molecule has 0 saturated heterocycles. The highest BCUT2D eigenvalue weighted by atomic mass is 32.2. The molecule has 0 aliphatic rings. The molecule has 2 heterocycles. The van der Waals surface area contributed by atoms with Crippen LogP contribution in [0.2, 0.25) is 0 Å². The van der Waals surface area contributed by atoms with E-state index in [1.165, 1.54) is 18.4 Å². The summed E-state index contributed by atoms with van der Waals surface area (Å²) in [5.74, 6) is 0.216. The topological polar surface area (TPSA) is 104 Å². The van der Waals surface area contributed by atoms with Crippen LogP contribution in [0.25, 0.3) is 10.9 Å². The summed E-state index contributed by atoms with van der Waals surface area (Å²) in [5.41, 5.74) is 1.79. The van der Waals surface area contributed by atoms with Gasteiger partial charge in [-0.2, -0.15) is 0 Å². The number of sulfonamides is 1. The van der Waals surface area contributed by atoms with Gasteiger partial charge in [-0.1, -0.05) is 18.2 Å². The maximum atomic E-state index is 12.4. The van der Waals surface area contributed by atoms with Gasteiger partial charge in [0.05, 0.1) is 17.7 Å². The second kappa shape index (κ2) is 7.34. The van der Waals surface area contributed by atoms with Gasteiger partial charge < -0.3 is 14.7 Å². The minimum absolute atomic E-state index is 0.0637. The van der Waals surface area contributed by atoms with E-state index in [0.717, 1.165) is 10.9 Å². The largest absolute Gasteiger partial charge is 0.468 e. The number of para-hydroxylation sites is 1. The van der Waals surface area contributed by atoms with E-state index in [0.29, 0.717) is 17.1 Å². The second-order valence-electron chi connectivity index (χ2n) is 6.15. The monoisotopic (exact) mass is 395 g/mol. The van der Waals surface area contributed by atoms with E-state index in [1.54, 1.807) is 30.3 Å². The number of carbonyl (C=O) groups excluding carboxylic acids is 1. The van der Waals surface area contributed by atoms with Gasteiger partial charge in [0.25, 0.3) is 5.91 Å². The lowest BCUT2D eigenvalue weighted by Gasteiger charge is -2.07. The number of carbonyl (C=O) groups is 1. The Bertz CT molecular complexity index is 1180. The zero-order valence-corrected chi connectivity index (χ0v) is 15.5. The maximum Gasteiger partial charge on any atom is 0.272 e. The maximum absolute atomic E-state index is 12.4. The van der Waals surface area contributed by atoms with Gasteiger partial charge in [-0.3, -0.25) is 4.79 Å². The highest BCUT2D eigenvalue weighted by molar-refractivity contribution is 7.89. The summed E-state index contributed by atoms with van der Waals surface area (Å²) in [6.07, 6.45) is 1.48. The average molecular weight is 395 g/mol. The molecule has 0 saturated carbocycles. The quantitative estimate of drug-likeness (QED) is 0.465. The van der Waals surface area contributed by atoms with Crippen LogP contribution >= 0.6 is 0 Å². The molecule has 0 aliphatic carbocycles. The van der Waals surface area contributed by atoms with E-state index in [1.807, 2.05) is 24.3 Å². The minimum atomic E-state index is -3.68. The van der Waals surface area contributed by atoms with Crippen molar-refractivity contribution in [1.82, 2.24) is 9.71 Å². The van der Waals surface area contributed by atoms with Crippen LogP contribution in [-0.2, 0) is 16.6 Å². The highest BCUT2D eigenvalue weighted by Gasteiger charge is 2.15. The van der Waals surface area contributed by atoms with Gasteiger partial charge >= 0.3 is 0 Å². The number of hydrogen-bond acceptors (Lipinski definition) is 4. The highest BCUT2D eigenvalue weighted by Crippen LogP contribution is 2.18. The third-order valence-corrected chi connectivity index (χ3v) is 5.63. The van der Waals surface area contributed by atoms with Crippen molar-refractivity contribution in [3.63, 3.8) is 0 Å². The Kier molecular flexibility index (Phi) is 4.72. The standard InChI is InChI=1S/C20H17N3O4S/c24-20(19-12-14-4-1-2-6-18(14)23-19)22-15-7-9-17(10-8-15)28(25,26)21-13-16-5-3-11-27-16/h1-12,21,23H,13H2,(H,22,24). The molecule has 8 heteroatoms. The molecule has 0 spiro atoms. The zero-order valence-electron chi connectivity index (χ0n) is 14.7. The SMILES string of the molecule is O=C(Nc1ccc(S(=O)(=O)NCc2ccco2)cc1)c1cc2ccccc2[nH]1. The summed E-state index contributed by atoms with van der Waals surface area (Å²) in [5, 5.41) is 3.69. The minimum Gasteiger partial charge on any atom is -0.468 e. The number of fused-ring (bicyclic) bond motifs is 1. The Morgan fingerprint density at radius 2 is 1.79 bits per heavy atom. The van der Waals surface area contributed by atoms with Crippen LogP contribution < -0.4 is 10.0 Å². The van der Waals surface area contributed by atoms with E-state index in [-0.39, 0.29) is 17.3 Å². The first-order valence-corrected chi connectivity index (χ1v) is 10.0. The molecule has 28 heavy (non-hydrogen) atoms. The predicted molar refractivity (Wildman–Crippen MR) is 105 cm³/mol. The third-order valence-electron chi connectivity index (χ3n) is 4.21. The molecule has 0 fully saturated rings. The number of benzene rings is 2. The third kappa shape index (κ3) is 3.83. The number of H-pyrrole nitrogens is 1. The number of amides is 1. The number of aromatic nitrogens is 1. The Morgan fingerprint density at radius 1 is 1.00 bits per heavy atom. The molecule has 4 aromatic rings. The van der Waals surface area contributed by atoms with Crippen LogP contribution in [0.3, 0.4) is 0 Å². The van der Waals surface area contributed by atoms with Crippen LogP contribution in [0.15, 0.2) is 82.3 Å². The summed E-state index contributed by atoms with van der Waals surface area (Å²) in [6.45, 7) is 0.0637. The molecule has 0 unspecified atom stereocenters. The molecule has 0 aliphatic heterocycles. The van der Waals surface area contributed by atoms with Gasteiger partial charge in [-0.15, -0.1) is 0 Å². The van der Waals surface area contributed by atoms with E-state index >= 15 is 0 Å². The normalized spacial score (nSPS) is 11.6. The van der Waals surface area contributed by atoms with Crippen molar-refractivity contribution in [3.8, 4) is 0 Å². The number of furan rings is 1. The summed E-state index contributed by atoms with van der Waals surface area (Å²) >= 11 is 0. The van der Waals surface area contributed by atoms with Crippen LogP contribution in [-0.4, -0.2) is 19.3 Å². The molecule has 7 nitrogen and oxygen atoms in total. The van der Waals surface area contributed by atoms with Crippen LogP contribution in [0, 0.1) is 0 Å². The van der Waals surface area contributed by atoms with Crippen molar-refractivity contribution in [2.75, 3.05) is 5.32 Å². The van der Waals surface area contributed by atoms with Gasteiger partial charge in [0.1, 0.15) is 11.5 Å². The van der Waals surface area contributed by atoms with Gasteiger partial charge in [0.2, 0.25) is 10.0 Å². The zero-order chi connectivity index (χ0) is 19.6. The first kappa shape index (κ1) is 18.0. The van der Waals surface area contributed by atoms with Crippen molar-refractivity contribution >= 4 is 32.5 Å². The van der Waals surface area contributed by atoms with Gasteiger partial charge in [-0.25, -0.2) is 13.1 Å². The molecule has 4 rings (SSSR count). The fourth-order valence-electron chi connectivity index (χ4n) is 2.77. The van der Waals surface area contributed by atoms with E-state index in [9.17, 15) is 13.2 Å². The summed E-state index contributed by atoms with van der Waals surface area (Å²) in [7, 11) is -3.68. The first-order valence-electron chi connectivity index (χ1n) is 8.52. The summed E-state index contributed by atoms with van der Waals surface area (Å²) < 4.78 is 32.3. The number of aromatic amines is 1. The molecule has 0 atom stereocenters. The summed E-state index contributed by atoms with van der Waals surface area (Å²) in [6, 6.07) is 18.7.